The van der Waals surface area contributed by atoms with E-state index >= 15 is 0 Å². The molecule has 2 atom stereocenters. The lowest BCUT2D eigenvalue weighted by Gasteiger charge is -2.47. The summed E-state index contributed by atoms with van der Waals surface area (Å²) in [6.07, 6.45) is 5.35. The Bertz CT molecular complexity index is 617. The number of sulfonamides is 1. The van der Waals surface area contributed by atoms with Crippen molar-refractivity contribution >= 4 is 33.0 Å². The lowest BCUT2D eigenvalue weighted by molar-refractivity contribution is 0.0536. The zero-order chi connectivity index (χ0) is 15.2. The second kappa shape index (κ2) is 5.77. The molecule has 0 aliphatic carbocycles. The minimum absolute atomic E-state index is 0.0155. The van der Waals surface area contributed by atoms with Gasteiger partial charge in [0, 0.05) is 18.1 Å². The molecule has 1 aromatic heterocycles. The van der Waals surface area contributed by atoms with Crippen LogP contribution in [-0.4, -0.2) is 43.5 Å². The molecule has 3 heterocycles. The Balaban J connectivity index is 1.76. The van der Waals surface area contributed by atoms with Gasteiger partial charge in [-0.25, -0.2) is 18.1 Å². The molecule has 2 unspecified atom stereocenters. The lowest BCUT2D eigenvalue weighted by Crippen LogP contribution is -2.55. The minimum atomic E-state index is -3.52. The summed E-state index contributed by atoms with van der Waals surface area (Å²) in [5.74, 6) is 0. The van der Waals surface area contributed by atoms with Gasteiger partial charge in [-0.2, -0.15) is 0 Å². The van der Waals surface area contributed by atoms with E-state index < -0.39 is 10.0 Å². The zero-order valence-corrected chi connectivity index (χ0v) is 14.6. The highest BCUT2D eigenvalue weighted by Gasteiger charge is 2.38. The van der Waals surface area contributed by atoms with Crippen molar-refractivity contribution in [3.8, 4) is 0 Å². The molecule has 0 aromatic carbocycles. The van der Waals surface area contributed by atoms with Crippen LogP contribution in [0.5, 0.6) is 0 Å². The van der Waals surface area contributed by atoms with Gasteiger partial charge in [-0.1, -0.05) is 29.4 Å². The third-order valence-electron chi connectivity index (χ3n) is 4.63. The number of piperidine rings is 2. The van der Waals surface area contributed by atoms with Gasteiger partial charge < -0.3 is 4.90 Å². The number of rotatable bonds is 3. The summed E-state index contributed by atoms with van der Waals surface area (Å²) in [6, 6.07) is 1.01. The molecular weight excluding hydrogens is 330 g/mol. The summed E-state index contributed by atoms with van der Waals surface area (Å²) < 4.78 is 28.4. The van der Waals surface area contributed by atoms with E-state index in [9.17, 15) is 8.42 Å². The van der Waals surface area contributed by atoms with Crippen LogP contribution in [0.4, 0.5) is 0 Å². The van der Waals surface area contributed by atoms with Crippen LogP contribution in [-0.2, 0) is 10.0 Å². The van der Waals surface area contributed by atoms with Crippen molar-refractivity contribution in [1.29, 1.82) is 0 Å². The van der Waals surface area contributed by atoms with Gasteiger partial charge in [-0.15, -0.1) is 0 Å². The van der Waals surface area contributed by atoms with Crippen LogP contribution in [0.3, 0.4) is 0 Å². The first-order chi connectivity index (χ1) is 9.87. The number of fused-ring (bicyclic) bond motifs is 2. The van der Waals surface area contributed by atoms with Gasteiger partial charge >= 0.3 is 0 Å². The van der Waals surface area contributed by atoms with E-state index in [-0.39, 0.29) is 14.7 Å². The summed E-state index contributed by atoms with van der Waals surface area (Å²) in [5.41, 5.74) is 0.477. The zero-order valence-electron chi connectivity index (χ0n) is 12.2. The van der Waals surface area contributed by atoms with Crippen LogP contribution in [0.2, 0.25) is 4.47 Å². The Hall–Kier alpha value is -0.210. The Labute approximate surface area is 134 Å². The predicted octanol–water partition coefficient (Wildman–Crippen LogP) is 2.40. The summed E-state index contributed by atoms with van der Waals surface area (Å²) in [6.45, 7) is 1.68. The molecule has 0 spiro atoms. The normalized spacial score (nSPS) is 30.5. The van der Waals surface area contributed by atoms with Crippen LogP contribution < -0.4 is 4.72 Å². The summed E-state index contributed by atoms with van der Waals surface area (Å²) in [4.78, 5) is 6.42. The molecule has 5 nitrogen and oxygen atoms in total. The number of nitrogens with zero attached hydrogens (tertiary/aromatic N) is 2. The number of hydrogen-bond donors (Lipinski definition) is 1. The van der Waals surface area contributed by atoms with E-state index in [1.54, 1.807) is 6.92 Å². The van der Waals surface area contributed by atoms with Gasteiger partial charge in [0.1, 0.15) is 0 Å². The molecule has 8 heteroatoms. The number of halogens is 1. The molecule has 0 amide bonds. The second-order valence-electron chi connectivity index (χ2n) is 6.03. The Morgan fingerprint density at radius 1 is 1.33 bits per heavy atom. The smallest absolute Gasteiger partial charge is 0.252 e. The quantitative estimate of drug-likeness (QED) is 0.910. The molecule has 2 saturated heterocycles. The molecule has 2 fully saturated rings. The Morgan fingerprint density at radius 2 is 1.95 bits per heavy atom. The van der Waals surface area contributed by atoms with Crippen molar-refractivity contribution < 1.29 is 8.42 Å². The van der Waals surface area contributed by atoms with Crippen molar-refractivity contribution in [2.24, 2.45) is 0 Å². The van der Waals surface area contributed by atoms with E-state index in [1.807, 2.05) is 0 Å². The van der Waals surface area contributed by atoms with E-state index in [0.29, 0.717) is 17.8 Å². The minimum Gasteiger partial charge on any atom is -0.300 e. The predicted molar refractivity (Wildman–Crippen MR) is 84.4 cm³/mol. The average Bonchev–Trinajstić information content (AvgIpc) is 2.70. The fourth-order valence-corrected chi connectivity index (χ4v) is 6.60. The molecule has 21 heavy (non-hydrogen) atoms. The van der Waals surface area contributed by atoms with Crippen molar-refractivity contribution in [3.05, 3.63) is 10.2 Å². The summed E-state index contributed by atoms with van der Waals surface area (Å²) in [7, 11) is -1.36. The molecule has 0 saturated carbocycles. The van der Waals surface area contributed by atoms with E-state index in [1.165, 1.54) is 6.42 Å². The van der Waals surface area contributed by atoms with Crippen LogP contribution >= 0.6 is 22.9 Å². The highest BCUT2D eigenvalue weighted by Crippen LogP contribution is 2.34. The Kier molecular flexibility index (Phi) is 4.31. The fourth-order valence-electron chi connectivity index (χ4n) is 3.58. The monoisotopic (exact) mass is 349 g/mol. The van der Waals surface area contributed by atoms with Gasteiger partial charge in [0.15, 0.2) is 8.68 Å². The maximum absolute atomic E-state index is 12.5. The highest BCUT2D eigenvalue weighted by molar-refractivity contribution is 7.91. The van der Waals surface area contributed by atoms with Gasteiger partial charge in [-0.3, -0.25) is 0 Å². The van der Waals surface area contributed by atoms with Crippen LogP contribution in [0.25, 0.3) is 0 Å². The van der Waals surface area contributed by atoms with Gasteiger partial charge in [-0.05, 0) is 39.7 Å². The second-order valence-corrected chi connectivity index (χ2v) is 9.52. The molecular formula is C13H20ClN3O2S2. The number of hydrogen-bond acceptors (Lipinski definition) is 5. The van der Waals surface area contributed by atoms with Crippen molar-refractivity contribution in [2.45, 2.75) is 61.4 Å². The topological polar surface area (TPSA) is 62.3 Å². The van der Waals surface area contributed by atoms with E-state index in [4.69, 9.17) is 11.6 Å². The molecule has 3 rings (SSSR count). The van der Waals surface area contributed by atoms with Crippen LogP contribution in [0.15, 0.2) is 4.21 Å². The lowest BCUT2D eigenvalue weighted by atomic mass is 9.83. The van der Waals surface area contributed by atoms with Gasteiger partial charge in [0.2, 0.25) is 0 Å². The summed E-state index contributed by atoms with van der Waals surface area (Å²) >= 11 is 6.85. The molecule has 2 aliphatic rings. The first-order valence-corrected chi connectivity index (χ1v) is 9.92. The SMILES string of the molecule is Cc1nc(Cl)sc1S(=O)(=O)NC1CC2CCCC(C1)N2C. The maximum Gasteiger partial charge on any atom is 0.252 e. The third kappa shape index (κ3) is 3.12. The van der Waals surface area contributed by atoms with E-state index in [2.05, 4.69) is 21.7 Å². The molecule has 2 aliphatic heterocycles. The van der Waals surface area contributed by atoms with E-state index in [0.717, 1.165) is 37.0 Å². The van der Waals surface area contributed by atoms with Crippen molar-refractivity contribution in [2.75, 3.05) is 7.05 Å². The van der Waals surface area contributed by atoms with Gasteiger partial charge in [0.05, 0.1) is 5.69 Å². The molecule has 2 bridgehead atoms. The standard InChI is InChI=1S/C13H20ClN3O2S2/c1-8-12(20-13(14)15-8)21(18,19)16-9-6-10-4-3-5-11(7-9)17(10)2/h9-11,16H,3-7H2,1-2H3. The third-order valence-corrected chi connectivity index (χ3v) is 8.03. The molecule has 1 N–H and O–H groups in total. The van der Waals surface area contributed by atoms with Crippen LogP contribution in [0.1, 0.15) is 37.8 Å². The number of thiazole rings is 1. The highest BCUT2D eigenvalue weighted by atomic mass is 35.5. The number of nitrogens with one attached hydrogen (secondary N) is 1. The average molecular weight is 350 g/mol. The fraction of sp³-hybridized carbons (Fsp3) is 0.769. The summed E-state index contributed by atoms with van der Waals surface area (Å²) in [5, 5.41) is 0. The number of aryl methyl sites for hydroxylation is 1. The van der Waals surface area contributed by atoms with Crippen molar-refractivity contribution in [3.63, 3.8) is 0 Å². The first-order valence-electron chi connectivity index (χ1n) is 7.24. The molecule has 1 aromatic rings. The van der Waals surface area contributed by atoms with Gasteiger partial charge in [0.25, 0.3) is 10.0 Å². The van der Waals surface area contributed by atoms with Crippen LogP contribution in [0, 0.1) is 6.92 Å². The Morgan fingerprint density at radius 3 is 2.48 bits per heavy atom. The largest absolute Gasteiger partial charge is 0.300 e. The van der Waals surface area contributed by atoms with Crippen molar-refractivity contribution in [1.82, 2.24) is 14.6 Å². The molecule has 118 valence electrons. The first kappa shape index (κ1) is 15.7. The molecule has 0 radical (unpaired) electrons. The number of aromatic nitrogens is 1. The maximum atomic E-state index is 12.5.